The van der Waals surface area contributed by atoms with E-state index in [9.17, 15) is 9.59 Å². The Balaban J connectivity index is 1.56. The zero-order valence-corrected chi connectivity index (χ0v) is 15.8. The monoisotopic (exact) mass is 379 g/mol. The number of benzene rings is 2. The van der Waals surface area contributed by atoms with Gasteiger partial charge in [0.05, 0.1) is 6.61 Å². The molecule has 0 atom stereocenters. The predicted octanol–water partition coefficient (Wildman–Crippen LogP) is 2.39. The summed E-state index contributed by atoms with van der Waals surface area (Å²) in [6.07, 6.45) is 1.52. The van der Waals surface area contributed by atoms with E-state index >= 15 is 0 Å². The normalized spacial score (nSPS) is 17.7. The molecule has 1 saturated heterocycles. The van der Waals surface area contributed by atoms with Crippen LogP contribution in [0.25, 0.3) is 11.1 Å². The van der Waals surface area contributed by atoms with Crippen molar-refractivity contribution in [2.75, 3.05) is 19.7 Å². The number of nitrogens with two attached hydrogens (primary N) is 2. The van der Waals surface area contributed by atoms with E-state index in [4.69, 9.17) is 16.2 Å². The lowest BCUT2D eigenvalue weighted by atomic mass is 9.75. The van der Waals surface area contributed by atoms with Crippen LogP contribution in [0.1, 0.15) is 30.4 Å². The molecule has 146 valence electrons. The SMILES string of the molecule is NC(=O)C1(CCOC(=O)N2CCC(N)CC2)c2ccccc2-c2ccccc21. The summed E-state index contributed by atoms with van der Waals surface area (Å²) in [6, 6.07) is 15.7. The summed E-state index contributed by atoms with van der Waals surface area (Å²) >= 11 is 0. The van der Waals surface area contributed by atoms with Crippen molar-refractivity contribution in [2.24, 2.45) is 11.5 Å². The fourth-order valence-electron chi connectivity index (χ4n) is 4.45. The molecular weight excluding hydrogens is 354 g/mol. The Kier molecular flexibility index (Phi) is 4.81. The van der Waals surface area contributed by atoms with Crippen LogP contribution >= 0.6 is 0 Å². The van der Waals surface area contributed by atoms with Gasteiger partial charge in [-0.2, -0.15) is 0 Å². The Morgan fingerprint density at radius 1 is 1.00 bits per heavy atom. The molecule has 28 heavy (non-hydrogen) atoms. The van der Waals surface area contributed by atoms with Crippen LogP contribution in [0.3, 0.4) is 0 Å². The van der Waals surface area contributed by atoms with Crippen LogP contribution in [0, 0.1) is 0 Å². The molecule has 6 nitrogen and oxygen atoms in total. The topological polar surface area (TPSA) is 98.7 Å². The molecule has 1 fully saturated rings. The summed E-state index contributed by atoms with van der Waals surface area (Å²) < 4.78 is 5.52. The maximum atomic E-state index is 12.7. The number of hydrogen-bond acceptors (Lipinski definition) is 4. The maximum absolute atomic E-state index is 12.7. The van der Waals surface area contributed by atoms with E-state index in [2.05, 4.69) is 0 Å². The summed E-state index contributed by atoms with van der Waals surface area (Å²) in [5.41, 5.74) is 14.6. The lowest BCUT2D eigenvalue weighted by Crippen LogP contribution is -2.44. The molecule has 1 aliphatic carbocycles. The van der Waals surface area contributed by atoms with Gasteiger partial charge < -0.3 is 21.1 Å². The second-order valence-corrected chi connectivity index (χ2v) is 7.55. The molecule has 6 heteroatoms. The van der Waals surface area contributed by atoms with Crippen molar-refractivity contribution >= 4 is 12.0 Å². The third kappa shape index (κ3) is 2.94. The van der Waals surface area contributed by atoms with Crippen LogP contribution in [-0.4, -0.2) is 42.6 Å². The third-order valence-corrected chi connectivity index (χ3v) is 5.98. The van der Waals surface area contributed by atoms with Crippen LogP contribution in [0.15, 0.2) is 48.5 Å². The number of amides is 2. The highest BCUT2D eigenvalue weighted by Gasteiger charge is 2.47. The van der Waals surface area contributed by atoms with Gasteiger partial charge in [0.1, 0.15) is 5.41 Å². The van der Waals surface area contributed by atoms with Gasteiger partial charge in [-0.25, -0.2) is 4.79 Å². The molecule has 4 N–H and O–H groups in total. The van der Waals surface area contributed by atoms with Crippen molar-refractivity contribution in [1.82, 2.24) is 4.90 Å². The highest BCUT2D eigenvalue weighted by Crippen LogP contribution is 2.50. The summed E-state index contributed by atoms with van der Waals surface area (Å²) in [5, 5.41) is 0. The number of carbonyl (C=O) groups is 2. The minimum absolute atomic E-state index is 0.118. The number of nitrogens with zero attached hydrogens (tertiary/aromatic N) is 1. The highest BCUT2D eigenvalue weighted by atomic mass is 16.6. The van der Waals surface area contributed by atoms with E-state index in [-0.39, 0.29) is 18.7 Å². The number of hydrogen-bond donors (Lipinski definition) is 2. The minimum atomic E-state index is -0.988. The molecular formula is C22H25N3O3. The molecule has 4 rings (SSSR count). The minimum Gasteiger partial charge on any atom is -0.449 e. The lowest BCUT2D eigenvalue weighted by Gasteiger charge is -2.31. The average Bonchev–Trinajstić information content (AvgIpc) is 3.00. The van der Waals surface area contributed by atoms with Gasteiger partial charge >= 0.3 is 6.09 Å². The molecule has 2 amide bonds. The average molecular weight is 379 g/mol. The molecule has 0 aromatic heterocycles. The van der Waals surface area contributed by atoms with Gasteiger partial charge in [-0.3, -0.25) is 4.79 Å². The molecule has 2 aliphatic rings. The summed E-state index contributed by atoms with van der Waals surface area (Å²) in [7, 11) is 0. The van der Waals surface area contributed by atoms with E-state index in [1.165, 1.54) is 0 Å². The first-order valence-electron chi connectivity index (χ1n) is 9.70. The Morgan fingerprint density at radius 3 is 2.07 bits per heavy atom. The summed E-state index contributed by atoms with van der Waals surface area (Å²) in [5.74, 6) is -0.426. The number of carbonyl (C=O) groups excluding carboxylic acids is 2. The smallest absolute Gasteiger partial charge is 0.409 e. The van der Waals surface area contributed by atoms with E-state index in [0.717, 1.165) is 35.1 Å². The van der Waals surface area contributed by atoms with Gasteiger partial charge in [-0.1, -0.05) is 48.5 Å². The molecule has 2 aromatic rings. The number of fused-ring (bicyclic) bond motifs is 3. The summed E-state index contributed by atoms with van der Waals surface area (Å²) in [4.78, 5) is 26.8. The van der Waals surface area contributed by atoms with Crippen molar-refractivity contribution in [3.63, 3.8) is 0 Å². The van der Waals surface area contributed by atoms with Crippen LogP contribution < -0.4 is 11.5 Å². The van der Waals surface area contributed by atoms with Gasteiger partial charge in [0.15, 0.2) is 0 Å². The first kappa shape index (κ1) is 18.5. The number of likely N-dealkylation sites (tertiary alicyclic amines) is 1. The standard InChI is InChI=1S/C22H25N3O3/c23-15-9-12-25(13-10-15)21(27)28-14-11-22(20(24)26)18-7-3-1-5-16(18)17-6-2-4-8-19(17)22/h1-8,15H,9-14,23H2,(H2,24,26). The Bertz CT molecular complexity index is 858. The fourth-order valence-corrected chi connectivity index (χ4v) is 4.45. The maximum Gasteiger partial charge on any atom is 0.409 e. The molecule has 0 bridgehead atoms. The molecule has 2 aromatic carbocycles. The molecule has 0 spiro atoms. The Labute approximate surface area is 164 Å². The Hall–Kier alpha value is -2.86. The predicted molar refractivity (Wildman–Crippen MR) is 107 cm³/mol. The van der Waals surface area contributed by atoms with E-state index in [1.54, 1.807) is 4.90 Å². The second-order valence-electron chi connectivity index (χ2n) is 7.55. The van der Waals surface area contributed by atoms with Gasteiger partial charge in [-0.15, -0.1) is 0 Å². The second kappa shape index (κ2) is 7.28. The molecule has 0 saturated carbocycles. The molecule has 0 radical (unpaired) electrons. The largest absolute Gasteiger partial charge is 0.449 e. The van der Waals surface area contributed by atoms with Crippen LogP contribution in [0.4, 0.5) is 4.79 Å². The first-order chi connectivity index (χ1) is 13.5. The Morgan fingerprint density at radius 2 is 1.54 bits per heavy atom. The third-order valence-electron chi connectivity index (χ3n) is 5.98. The van der Waals surface area contributed by atoms with Gasteiger partial charge in [0.2, 0.25) is 5.91 Å². The van der Waals surface area contributed by atoms with E-state index in [0.29, 0.717) is 19.5 Å². The number of primary amides is 1. The zero-order valence-electron chi connectivity index (χ0n) is 15.8. The summed E-state index contributed by atoms with van der Waals surface area (Å²) in [6.45, 7) is 1.33. The van der Waals surface area contributed by atoms with Crippen LogP contribution in [0.5, 0.6) is 0 Å². The van der Waals surface area contributed by atoms with Gasteiger partial charge in [0.25, 0.3) is 0 Å². The molecule has 0 unspecified atom stereocenters. The van der Waals surface area contributed by atoms with Crippen molar-refractivity contribution in [2.45, 2.75) is 30.7 Å². The van der Waals surface area contributed by atoms with E-state index < -0.39 is 11.3 Å². The van der Waals surface area contributed by atoms with Crippen molar-refractivity contribution in [3.8, 4) is 11.1 Å². The highest BCUT2D eigenvalue weighted by molar-refractivity contribution is 5.99. The quantitative estimate of drug-likeness (QED) is 0.852. The van der Waals surface area contributed by atoms with Gasteiger partial charge in [-0.05, 0) is 35.1 Å². The van der Waals surface area contributed by atoms with Crippen molar-refractivity contribution in [3.05, 3.63) is 59.7 Å². The van der Waals surface area contributed by atoms with Crippen molar-refractivity contribution < 1.29 is 14.3 Å². The number of ether oxygens (including phenoxy) is 1. The van der Waals surface area contributed by atoms with Crippen LogP contribution in [0.2, 0.25) is 0 Å². The number of rotatable bonds is 4. The number of piperidine rings is 1. The van der Waals surface area contributed by atoms with E-state index in [1.807, 2.05) is 48.5 Å². The fraction of sp³-hybridized carbons (Fsp3) is 0.364. The lowest BCUT2D eigenvalue weighted by molar-refractivity contribution is -0.122. The van der Waals surface area contributed by atoms with Crippen LogP contribution in [-0.2, 0) is 14.9 Å². The van der Waals surface area contributed by atoms with Crippen molar-refractivity contribution in [1.29, 1.82) is 0 Å². The molecule has 1 aliphatic heterocycles. The first-order valence-corrected chi connectivity index (χ1v) is 9.70. The molecule has 1 heterocycles. The van der Waals surface area contributed by atoms with Gasteiger partial charge in [0, 0.05) is 25.6 Å². The zero-order chi connectivity index (χ0) is 19.7.